The van der Waals surface area contributed by atoms with Gasteiger partial charge in [-0.2, -0.15) is 0 Å². The highest BCUT2D eigenvalue weighted by atomic mass is 35.5. The predicted molar refractivity (Wildman–Crippen MR) is 66.6 cm³/mol. The van der Waals surface area contributed by atoms with Crippen molar-refractivity contribution in [1.29, 1.82) is 0 Å². The summed E-state index contributed by atoms with van der Waals surface area (Å²) >= 11 is 0. The smallest absolute Gasteiger partial charge is 0.110 e. The second-order valence-electron chi connectivity index (χ2n) is 3.98. The topological polar surface area (TPSA) is 84.3 Å². The first-order valence-electron chi connectivity index (χ1n) is 5.72. The van der Waals surface area contributed by atoms with Crippen molar-refractivity contribution >= 4 is 16.7 Å². The van der Waals surface area contributed by atoms with Crippen molar-refractivity contribution in [2.75, 3.05) is 18.9 Å². The number of aliphatic hydroxyl groups is 2. The van der Waals surface area contributed by atoms with Gasteiger partial charge in [-0.3, -0.25) is 0 Å². The number of hydrogen-bond donors (Lipinski definition) is 3. The quantitative estimate of drug-likeness (QED) is 0.481. The second kappa shape index (κ2) is 8.22. The largest absolute Gasteiger partial charge is 1.00 e. The van der Waals surface area contributed by atoms with E-state index in [1.807, 2.05) is 22.8 Å². The highest BCUT2D eigenvalue weighted by Crippen LogP contribution is 2.19. The van der Waals surface area contributed by atoms with E-state index in [4.69, 9.17) is 15.9 Å². The van der Waals surface area contributed by atoms with Crippen molar-refractivity contribution in [2.45, 2.75) is 19.4 Å². The van der Waals surface area contributed by atoms with Crippen molar-refractivity contribution < 1.29 is 35.0 Å². The van der Waals surface area contributed by atoms with Crippen molar-refractivity contribution in [3.63, 3.8) is 0 Å². The molecule has 1 aromatic heterocycles. The summed E-state index contributed by atoms with van der Waals surface area (Å²) in [5.41, 5.74) is 8.21. The molecule has 2 rings (SSSR count). The van der Waals surface area contributed by atoms with Crippen LogP contribution < -0.4 is 30.5 Å². The van der Waals surface area contributed by atoms with Crippen LogP contribution in [0.15, 0.2) is 18.2 Å². The van der Waals surface area contributed by atoms with Crippen LogP contribution in [-0.4, -0.2) is 33.0 Å². The Kier molecular flexibility index (Phi) is 7.78. The molecule has 4 N–H and O–H groups in total. The second-order valence-corrected chi connectivity index (χ2v) is 3.98. The number of aromatic nitrogens is 2. The van der Waals surface area contributed by atoms with Crippen LogP contribution in [-0.2, 0) is 13.0 Å². The Labute approximate surface area is 124 Å². The molecule has 0 saturated carbocycles. The molecule has 0 radical (unpaired) electrons. The molecular formula is C12H17Cl2N3O2-2. The number of nitrogen functional groups attached to an aromatic ring is 1. The van der Waals surface area contributed by atoms with Gasteiger partial charge in [0.1, 0.15) is 5.82 Å². The van der Waals surface area contributed by atoms with Gasteiger partial charge in [-0.25, -0.2) is 4.98 Å². The normalized spacial score (nSPS) is 10.0. The molecule has 0 aliphatic carbocycles. The molecular weight excluding hydrogens is 289 g/mol. The average Bonchev–Trinajstić information content (AvgIpc) is 2.64. The van der Waals surface area contributed by atoms with Gasteiger partial charge in [-0.1, -0.05) is 0 Å². The minimum atomic E-state index is 0. The average molecular weight is 306 g/mol. The molecule has 108 valence electrons. The summed E-state index contributed by atoms with van der Waals surface area (Å²) in [6.45, 7) is 0.730. The molecule has 7 heteroatoms. The van der Waals surface area contributed by atoms with E-state index in [1.54, 1.807) is 0 Å². The zero-order chi connectivity index (χ0) is 12.3. The maximum absolute atomic E-state index is 9.08. The van der Waals surface area contributed by atoms with Crippen LogP contribution in [0, 0.1) is 0 Å². The SMILES string of the molecule is Nc1ccc2c(c1)nc(CCCO)n2CCO.[Cl-].[Cl-]. The standard InChI is InChI=1S/C12H17N3O2.2ClH/c13-9-3-4-11-10(8-9)14-12(2-1-6-16)15(11)5-7-17;;/h3-4,8,16-17H,1-2,5-7,13H2;2*1H/p-2. The van der Waals surface area contributed by atoms with E-state index in [2.05, 4.69) is 4.98 Å². The van der Waals surface area contributed by atoms with E-state index in [0.29, 0.717) is 25.1 Å². The van der Waals surface area contributed by atoms with Gasteiger partial charge < -0.3 is 45.3 Å². The summed E-state index contributed by atoms with van der Waals surface area (Å²) in [6, 6.07) is 5.56. The molecule has 5 nitrogen and oxygen atoms in total. The molecule has 0 spiro atoms. The molecule has 0 bridgehead atoms. The summed E-state index contributed by atoms with van der Waals surface area (Å²) in [5.74, 6) is 0.883. The number of rotatable bonds is 5. The van der Waals surface area contributed by atoms with E-state index < -0.39 is 0 Å². The van der Waals surface area contributed by atoms with Crippen LogP contribution in [0.4, 0.5) is 5.69 Å². The Morgan fingerprint density at radius 3 is 2.53 bits per heavy atom. The van der Waals surface area contributed by atoms with Crippen LogP contribution in [0.1, 0.15) is 12.2 Å². The summed E-state index contributed by atoms with van der Waals surface area (Å²) in [4.78, 5) is 4.49. The van der Waals surface area contributed by atoms with E-state index in [1.165, 1.54) is 0 Å². The summed E-state index contributed by atoms with van der Waals surface area (Å²) in [7, 11) is 0. The number of benzene rings is 1. The van der Waals surface area contributed by atoms with Gasteiger partial charge in [-0.15, -0.1) is 0 Å². The molecule has 0 saturated heterocycles. The summed E-state index contributed by atoms with van der Waals surface area (Å²) < 4.78 is 1.98. The van der Waals surface area contributed by atoms with Crippen LogP contribution in [0.2, 0.25) is 0 Å². The maximum atomic E-state index is 9.08. The highest BCUT2D eigenvalue weighted by Gasteiger charge is 2.09. The third-order valence-electron chi connectivity index (χ3n) is 2.73. The van der Waals surface area contributed by atoms with E-state index >= 15 is 0 Å². The molecule has 0 atom stereocenters. The Hall–Kier alpha value is -1.01. The first-order chi connectivity index (χ1) is 8.26. The lowest BCUT2D eigenvalue weighted by atomic mass is 10.3. The fourth-order valence-electron chi connectivity index (χ4n) is 1.97. The first-order valence-corrected chi connectivity index (χ1v) is 5.72. The van der Waals surface area contributed by atoms with Gasteiger partial charge in [0, 0.05) is 25.3 Å². The Balaban J connectivity index is 0.00000162. The summed E-state index contributed by atoms with van der Waals surface area (Å²) in [6.07, 6.45) is 1.37. The molecule has 19 heavy (non-hydrogen) atoms. The molecule has 1 heterocycles. The number of anilines is 1. The van der Waals surface area contributed by atoms with Gasteiger partial charge in [-0.05, 0) is 24.6 Å². The first kappa shape index (κ1) is 18.0. The van der Waals surface area contributed by atoms with Gasteiger partial charge >= 0.3 is 0 Å². The number of nitrogens with zero attached hydrogens (tertiary/aromatic N) is 2. The van der Waals surface area contributed by atoms with Crippen LogP contribution >= 0.6 is 0 Å². The van der Waals surface area contributed by atoms with Gasteiger partial charge in [0.05, 0.1) is 17.6 Å². The third kappa shape index (κ3) is 3.98. The molecule has 0 unspecified atom stereocenters. The monoisotopic (exact) mass is 305 g/mol. The maximum Gasteiger partial charge on any atom is 0.110 e. The molecule has 0 aliphatic rings. The van der Waals surface area contributed by atoms with Crippen LogP contribution in [0.5, 0.6) is 0 Å². The van der Waals surface area contributed by atoms with Gasteiger partial charge in [0.25, 0.3) is 0 Å². The van der Waals surface area contributed by atoms with Gasteiger partial charge in [0.2, 0.25) is 0 Å². The Morgan fingerprint density at radius 2 is 1.89 bits per heavy atom. The number of nitrogens with two attached hydrogens (primary N) is 1. The zero-order valence-electron chi connectivity index (χ0n) is 10.4. The lowest BCUT2D eigenvalue weighted by Gasteiger charge is -2.06. The van der Waals surface area contributed by atoms with Crippen LogP contribution in [0.3, 0.4) is 0 Å². The van der Waals surface area contributed by atoms with Crippen LogP contribution in [0.25, 0.3) is 11.0 Å². The Bertz CT molecular complexity index is 517. The highest BCUT2D eigenvalue weighted by molar-refractivity contribution is 5.79. The molecule has 1 aromatic carbocycles. The lowest BCUT2D eigenvalue weighted by Crippen LogP contribution is -3.00. The third-order valence-corrected chi connectivity index (χ3v) is 2.73. The minimum absolute atomic E-state index is 0. The Morgan fingerprint density at radius 1 is 1.16 bits per heavy atom. The van der Waals surface area contributed by atoms with E-state index in [0.717, 1.165) is 16.9 Å². The summed E-state index contributed by atoms with van der Waals surface area (Å²) in [5, 5.41) is 17.9. The zero-order valence-corrected chi connectivity index (χ0v) is 11.9. The number of aliphatic hydroxyl groups excluding tert-OH is 2. The molecule has 0 aliphatic heterocycles. The minimum Gasteiger partial charge on any atom is -1.00 e. The lowest BCUT2D eigenvalue weighted by molar-refractivity contribution is -0.00100. The van der Waals surface area contributed by atoms with E-state index in [9.17, 15) is 0 Å². The van der Waals surface area contributed by atoms with Crippen molar-refractivity contribution in [3.05, 3.63) is 24.0 Å². The fraction of sp³-hybridized carbons (Fsp3) is 0.417. The number of hydrogen-bond acceptors (Lipinski definition) is 4. The van der Waals surface area contributed by atoms with Crippen molar-refractivity contribution in [3.8, 4) is 0 Å². The molecule has 0 amide bonds. The van der Waals surface area contributed by atoms with Crippen molar-refractivity contribution in [1.82, 2.24) is 9.55 Å². The van der Waals surface area contributed by atoms with E-state index in [-0.39, 0.29) is 38.0 Å². The number of halogens is 2. The molecule has 0 fully saturated rings. The number of fused-ring (bicyclic) bond motifs is 1. The van der Waals surface area contributed by atoms with Gasteiger partial charge in [0.15, 0.2) is 0 Å². The fourth-order valence-corrected chi connectivity index (χ4v) is 1.97. The predicted octanol–water partition coefficient (Wildman–Crippen LogP) is -5.46. The molecule has 2 aromatic rings. The number of imidazole rings is 1. The van der Waals surface area contributed by atoms with Crippen molar-refractivity contribution in [2.24, 2.45) is 0 Å². The number of aryl methyl sites for hydroxylation is 1.